The highest BCUT2D eigenvalue weighted by Crippen LogP contribution is 2.31. The fourth-order valence-corrected chi connectivity index (χ4v) is 3.03. The second kappa shape index (κ2) is 8.44. The minimum absolute atomic E-state index is 0.706. The number of aryl methyl sites for hydroxylation is 1. The number of methoxy groups -OCH3 is 1. The van der Waals surface area contributed by atoms with Gasteiger partial charge in [-0.3, -0.25) is 0 Å². The molecule has 0 aliphatic rings. The van der Waals surface area contributed by atoms with Crippen molar-refractivity contribution in [2.75, 3.05) is 12.4 Å². The lowest BCUT2D eigenvalue weighted by Crippen LogP contribution is -1.97. The van der Waals surface area contributed by atoms with Crippen LogP contribution in [0.3, 0.4) is 0 Å². The monoisotopic (exact) mass is 383 g/mol. The third kappa shape index (κ3) is 4.35. The highest BCUT2D eigenvalue weighted by Gasteiger charge is 2.09. The Hall–Kier alpha value is -3.86. The average molecular weight is 383 g/mol. The molecular weight excluding hydrogens is 362 g/mol. The third-order valence-corrected chi connectivity index (χ3v) is 4.47. The van der Waals surface area contributed by atoms with Gasteiger partial charge in [-0.2, -0.15) is 0 Å². The first-order valence-electron chi connectivity index (χ1n) is 9.29. The van der Waals surface area contributed by atoms with Gasteiger partial charge in [0.1, 0.15) is 29.4 Å². The second-order valence-electron chi connectivity index (χ2n) is 6.51. The molecular formula is C24H21N3O2. The molecule has 4 rings (SSSR count). The van der Waals surface area contributed by atoms with Crippen LogP contribution in [0.1, 0.15) is 5.56 Å². The number of hydrogen-bond acceptors (Lipinski definition) is 5. The lowest BCUT2D eigenvalue weighted by Gasteiger charge is -2.12. The van der Waals surface area contributed by atoms with Crippen LogP contribution in [-0.4, -0.2) is 17.1 Å². The van der Waals surface area contributed by atoms with Gasteiger partial charge in [0.15, 0.2) is 0 Å². The topological polar surface area (TPSA) is 56.3 Å². The number of nitrogens with one attached hydrogen (secondary N) is 1. The molecule has 0 radical (unpaired) electrons. The van der Waals surface area contributed by atoms with Crippen LogP contribution in [0.25, 0.3) is 11.3 Å². The first-order valence-corrected chi connectivity index (χ1v) is 9.29. The standard InChI is InChI=1S/C24H21N3O2/c1-17-14-18(12-13-22(17)29-19-8-4-3-5-9-19)27-24-15-21(25-16-26-24)20-10-6-7-11-23(20)28-2/h3-16H,1-2H3,(H,25,26,27). The maximum Gasteiger partial charge on any atom is 0.134 e. The van der Waals surface area contributed by atoms with Crippen LogP contribution < -0.4 is 14.8 Å². The van der Waals surface area contributed by atoms with Crippen molar-refractivity contribution >= 4 is 11.5 Å². The molecule has 29 heavy (non-hydrogen) atoms. The van der Waals surface area contributed by atoms with E-state index in [1.54, 1.807) is 13.4 Å². The van der Waals surface area contributed by atoms with Gasteiger partial charge >= 0.3 is 0 Å². The second-order valence-corrected chi connectivity index (χ2v) is 6.51. The fourth-order valence-electron chi connectivity index (χ4n) is 3.03. The molecule has 0 atom stereocenters. The van der Waals surface area contributed by atoms with Gasteiger partial charge in [0.25, 0.3) is 0 Å². The van der Waals surface area contributed by atoms with Gasteiger partial charge in [-0.15, -0.1) is 0 Å². The van der Waals surface area contributed by atoms with Crippen molar-refractivity contribution in [3.8, 4) is 28.5 Å². The molecule has 5 heteroatoms. The van der Waals surface area contributed by atoms with E-state index in [0.29, 0.717) is 5.82 Å². The summed E-state index contributed by atoms with van der Waals surface area (Å²) in [4.78, 5) is 8.73. The number of benzene rings is 3. The molecule has 0 saturated carbocycles. The summed E-state index contributed by atoms with van der Waals surface area (Å²) in [5.41, 5.74) is 3.66. The Bertz CT molecular complexity index is 1110. The zero-order valence-electron chi connectivity index (χ0n) is 16.3. The summed E-state index contributed by atoms with van der Waals surface area (Å²) in [5, 5.41) is 3.34. The maximum atomic E-state index is 5.95. The molecule has 0 aliphatic heterocycles. The summed E-state index contributed by atoms with van der Waals surface area (Å²) in [6, 6.07) is 25.4. The summed E-state index contributed by atoms with van der Waals surface area (Å²) in [6.07, 6.45) is 1.55. The first kappa shape index (κ1) is 18.5. The van der Waals surface area contributed by atoms with E-state index in [4.69, 9.17) is 9.47 Å². The van der Waals surface area contributed by atoms with Crippen molar-refractivity contribution in [3.63, 3.8) is 0 Å². The van der Waals surface area contributed by atoms with Crippen LogP contribution in [0.4, 0.5) is 11.5 Å². The SMILES string of the molecule is COc1ccccc1-c1cc(Nc2ccc(Oc3ccccc3)c(C)c2)ncn1. The van der Waals surface area contributed by atoms with E-state index in [0.717, 1.165) is 39.8 Å². The molecule has 1 N–H and O–H groups in total. The first-order chi connectivity index (χ1) is 14.2. The smallest absolute Gasteiger partial charge is 0.134 e. The number of aromatic nitrogens is 2. The van der Waals surface area contributed by atoms with E-state index in [1.165, 1.54) is 0 Å². The quantitative estimate of drug-likeness (QED) is 0.443. The van der Waals surface area contributed by atoms with Crippen LogP contribution in [0.5, 0.6) is 17.2 Å². The molecule has 0 bridgehead atoms. The Morgan fingerprint density at radius 3 is 2.38 bits per heavy atom. The summed E-state index contributed by atoms with van der Waals surface area (Å²) in [5.74, 6) is 3.11. The van der Waals surface area contributed by atoms with Gasteiger partial charge in [0, 0.05) is 17.3 Å². The van der Waals surface area contributed by atoms with E-state index < -0.39 is 0 Å². The largest absolute Gasteiger partial charge is 0.496 e. The molecule has 1 aromatic heterocycles. The molecule has 0 amide bonds. The predicted molar refractivity (Wildman–Crippen MR) is 115 cm³/mol. The molecule has 0 spiro atoms. The summed E-state index contributed by atoms with van der Waals surface area (Å²) in [7, 11) is 1.65. The van der Waals surface area contributed by atoms with Gasteiger partial charge < -0.3 is 14.8 Å². The van der Waals surface area contributed by atoms with Crippen molar-refractivity contribution in [2.45, 2.75) is 6.92 Å². The highest BCUT2D eigenvalue weighted by molar-refractivity contribution is 5.70. The van der Waals surface area contributed by atoms with Gasteiger partial charge in [-0.05, 0) is 55.0 Å². The number of ether oxygens (including phenoxy) is 2. The van der Waals surface area contributed by atoms with Crippen molar-refractivity contribution < 1.29 is 9.47 Å². The lowest BCUT2D eigenvalue weighted by molar-refractivity contribution is 0.416. The van der Waals surface area contributed by atoms with E-state index in [-0.39, 0.29) is 0 Å². The Kier molecular flexibility index (Phi) is 5.38. The Labute approximate surface area is 170 Å². The van der Waals surface area contributed by atoms with Crippen molar-refractivity contribution in [1.82, 2.24) is 9.97 Å². The molecule has 0 aliphatic carbocycles. The molecule has 4 aromatic rings. The number of para-hydroxylation sites is 2. The van der Waals surface area contributed by atoms with Crippen LogP contribution >= 0.6 is 0 Å². The molecule has 5 nitrogen and oxygen atoms in total. The number of rotatable bonds is 6. The molecule has 1 heterocycles. The van der Waals surface area contributed by atoms with E-state index in [9.17, 15) is 0 Å². The van der Waals surface area contributed by atoms with Gasteiger partial charge in [-0.1, -0.05) is 30.3 Å². The zero-order valence-corrected chi connectivity index (χ0v) is 16.3. The predicted octanol–water partition coefficient (Wildman–Crippen LogP) is 6.00. The maximum absolute atomic E-state index is 5.95. The molecule has 0 unspecified atom stereocenters. The van der Waals surface area contributed by atoms with E-state index in [1.807, 2.05) is 85.8 Å². The van der Waals surface area contributed by atoms with Crippen molar-refractivity contribution in [3.05, 3.63) is 90.8 Å². The Balaban J connectivity index is 1.54. The Morgan fingerprint density at radius 1 is 0.793 bits per heavy atom. The molecule has 144 valence electrons. The average Bonchev–Trinajstić information content (AvgIpc) is 2.76. The highest BCUT2D eigenvalue weighted by atomic mass is 16.5. The van der Waals surface area contributed by atoms with Crippen LogP contribution in [0, 0.1) is 6.92 Å². The number of hydrogen-bond donors (Lipinski definition) is 1. The Morgan fingerprint density at radius 2 is 1.59 bits per heavy atom. The number of anilines is 2. The zero-order chi connectivity index (χ0) is 20.1. The minimum atomic E-state index is 0.706. The third-order valence-electron chi connectivity index (χ3n) is 4.47. The van der Waals surface area contributed by atoms with E-state index in [2.05, 4.69) is 15.3 Å². The summed E-state index contributed by atoms with van der Waals surface area (Å²) in [6.45, 7) is 2.02. The summed E-state index contributed by atoms with van der Waals surface area (Å²) >= 11 is 0. The van der Waals surface area contributed by atoms with Crippen molar-refractivity contribution in [1.29, 1.82) is 0 Å². The van der Waals surface area contributed by atoms with Gasteiger partial charge in [0.05, 0.1) is 12.8 Å². The molecule has 0 fully saturated rings. The van der Waals surface area contributed by atoms with Crippen LogP contribution in [0.2, 0.25) is 0 Å². The molecule has 3 aromatic carbocycles. The number of nitrogens with zero attached hydrogens (tertiary/aromatic N) is 2. The molecule has 0 saturated heterocycles. The van der Waals surface area contributed by atoms with Crippen LogP contribution in [-0.2, 0) is 0 Å². The fraction of sp³-hybridized carbons (Fsp3) is 0.0833. The van der Waals surface area contributed by atoms with Crippen molar-refractivity contribution in [2.24, 2.45) is 0 Å². The van der Waals surface area contributed by atoms with Crippen LogP contribution in [0.15, 0.2) is 85.2 Å². The normalized spacial score (nSPS) is 10.4. The van der Waals surface area contributed by atoms with Gasteiger partial charge in [0.2, 0.25) is 0 Å². The minimum Gasteiger partial charge on any atom is -0.496 e. The summed E-state index contributed by atoms with van der Waals surface area (Å²) < 4.78 is 11.4. The lowest BCUT2D eigenvalue weighted by atomic mass is 10.1. The van der Waals surface area contributed by atoms with E-state index >= 15 is 0 Å². The van der Waals surface area contributed by atoms with Gasteiger partial charge in [-0.25, -0.2) is 9.97 Å².